The van der Waals surface area contributed by atoms with Crippen molar-refractivity contribution in [3.8, 4) is 0 Å². The Kier molecular flexibility index (Phi) is 5.36. The topological polar surface area (TPSA) is 78.9 Å². The van der Waals surface area contributed by atoms with Crippen molar-refractivity contribution in [3.05, 3.63) is 29.3 Å². The van der Waals surface area contributed by atoms with E-state index in [2.05, 4.69) is 5.32 Å². The number of nitrogens with one attached hydrogen (secondary N) is 1. The number of amides is 1. The van der Waals surface area contributed by atoms with Crippen LogP contribution in [-0.4, -0.2) is 46.8 Å². The minimum atomic E-state index is -0.920. The number of hydrogen-bond acceptors (Lipinski definition) is 4. The first-order valence-corrected chi connectivity index (χ1v) is 8.24. The Labute approximate surface area is 142 Å². The highest BCUT2D eigenvalue weighted by molar-refractivity contribution is 5.90. The molecule has 0 spiro atoms. The number of carbonyl (C=O) groups is 2. The number of benzene rings is 1. The fourth-order valence-corrected chi connectivity index (χ4v) is 2.71. The number of rotatable bonds is 3. The number of hydrogen-bond donors (Lipinski definition) is 2. The Bertz CT molecular complexity index is 614. The lowest BCUT2D eigenvalue weighted by Crippen LogP contribution is -2.44. The molecule has 0 bridgehead atoms. The van der Waals surface area contributed by atoms with E-state index in [0.717, 1.165) is 24.1 Å². The summed E-state index contributed by atoms with van der Waals surface area (Å²) in [6.07, 6.45) is 1.33. The molecule has 6 nitrogen and oxygen atoms in total. The van der Waals surface area contributed by atoms with Crippen LogP contribution in [-0.2, 0) is 4.74 Å². The lowest BCUT2D eigenvalue weighted by molar-refractivity contribution is 0.0210. The average Bonchev–Trinajstić information content (AvgIpc) is 2.48. The Morgan fingerprint density at radius 2 is 1.88 bits per heavy atom. The highest BCUT2D eigenvalue weighted by atomic mass is 16.6. The van der Waals surface area contributed by atoms with E-state index in [-0.39, 0.29) is 12.1 Å². The fraction of sp³-hybridized carbons (Fsp3) is 0.556. The van der Waals surface area contributed by atoms with Crippen LogP contribution in [0, 0.1) is 6.92 Å². The Morgan fingerprint density at radius 1 is 1.25 bits per heavy atom. The van der Waals surface area contributed by atoms with Gasteiger partial charge in [0.25, 0.3) is 0 Å². The molecular formula is C18H26N2O4. The summed E-state index contributed by atoms with van der Waals surface area (Å²) in [6, 6.07) is 5.58. The molecule has 0 aromatic heterocycles. The maximum atomic E-state index is 12.1. The molecule has 1 saturated heterocycles. The van der Waals surface area contributed by atoms with Crippen molar-refractivity contribution < 1.29 is 19.4 Å². The maximum Gasteiger partial charge on any atom is 0.410 e. The van der Waals surface area contributed by atoms with Gasteiger partial charge in [0.05, 0.1) is 5.56 Å². The molecule has 6 heteroatoms. The van der Waals surface area contributed by atoms with E-state index in [4.69, 9.17) is 4.74 Å². The molecule has 1 aromatic rings. The number of carboxylic acids is 1. The SMILES string of the molecule is Cc1ccc(NC2CCN(C(=O)OC(C)(C)C)CC2)cc1C(=O)O. The second kappa shape index (κ2) is 7.11. The number of carboxylic acid groups (broad SMARTS) is 1. The second-order valence-electron chi connectivity index (χ2n) is 7.22. The van der Waals surface area contributed by atoms with E-state index >= 15 is 0 Å². The number of ether oxygens (including phenoxy) is 1. The van der Waals surface area contributed by atoms with Gasteiger partial charge in [-0.15, -0.1) is 0 Å². The molecule has 1 fully saturated rings. The van der Waals surface area contributed by atoms with E-state index < -0.39 is 11.6 Å². The zero-order valence-corrected chi connectivity index (χ0v) is 14.8. The van der Waals surface area contributed by atoms with Gasteiger partial charge in [0.1, 0.15) is 5.60 Å². The number of aromatic carboxylic acids is 1. The van der Waals surface area contributed by atoms with E-state index in [1.165, 1.54) is 0 Å². The molecule has 0 radical (unpaired) electrons. The first-order valence-electron chi connectivity index (χ1n) is 8.24. The van der Waals surface area contributed by atoms with Gasteiger partial charge in [-0.3, -0.25) is 0 Å². The third kappa shape index (κ3) is 4.88. The molecule has 0 atom stereocenters. The van der Waals surface area contributed by atoms with E-state index in [1.54, 1.807) is 17.9 Å². The standard InChI is InChI=1S/C18H26N2O4/c1-12-5-6-14(11-15(12)16(21)22)19-13-7-9-20(10-8-13)17(23)24-18(2,3)4/h5-6,11,13,19H,7-10H2,1-4H3,(H,21,22). The number of anilines is 1. The molecule has 132 valence electrons. The molecular weight excluding hydrogens is 308 g/mol. The van der Waals surface area contributed by atoms with Crippen LogP contribution in [0.3, 0.4) is 0 Å². The normalized spacial score (nSPS) is 15.9. The zero-order valence-electron chi connectivity index (χ0n) is 14.8. The molecule has 0 unspecified atom stereocenters. The van der Waals surface area contributed by atoms with E-state index in [9.17, 15) is 14.7 Å². The lowest BCUT2D eigenvalue weighted by Gasteiger charge is -2.34. The molecule has 24 heavy (non-hydrogen) atoms. The first-order chi connectivity index (χ1) is 11.2. The largest absolute Gasteiger partial charge is 0.478 e. The van der Waals surface area contributed by atoms with Gasteiger partial charge in [-0.25, -0.2) is 9.59 Å². The zero-order chi connectivity index (χ0) is 17.9. The molecule has 0 aliphatic carbocycles. The molecule has 1 aromatic carbocycles. The van der Waals surface area contributed by atoms with Crippen LogP contribution in [0.2, 0.25) is 0 Å². The molecule has 2 rings (SSSR count). The summed E-state index contributed by atoms with van der Waals surface area (Å²) in [5.41, 5.74) is 1.37. The van der Waals surface area contributed by atoms with Gasteiger partial charge in [0.15, 0.2) is 0 Å². The van der Waals surface area contributed by atoms with Gasteiger partial charge >= 0.3 is 12.1 Å². The van der Waals surface area contributed by atoms with Gasteiger partial charge < -0.3 is 20.1 Å². The van der Waals surface area contributed by atoms with Crippen LogP contribution in [0.15, 0.2) is 18.2 Å². The summed E-state index contributed by atoms with van der Waals surface area (Å²) in [4.78, 5) is 25.0. The van der Waals surface area contributed by atoms with Crippen LogP contribution < -0.4 is 5.32 Å². The van der Waals surface area contributed by atoms with Crippen LogP contribution in [0.1, 0.15) is 49.5 Å². The summed E-state index contributed by atoms with van der Waals surface area (Å²) >= 11 is 0. The van der Waals surface area contributed by atoms with Crippen LogP contribution >= 0.6 is 0 Å². The molecule has 1 aliphatic rings. The highest BCUT2D eigenvalue weighted by Crippen LogP contribution is 2.21. The van der Waals surface area contributed by atoms with Crippen molar-refractivity contribution in [3.63, 3.8) is 0 Å². The minimum Gasteiger partial charge on any atom is -0.478 e. The number of carbonyl (C=O) groups excluding carboxylic acids is 1. The predicted molar refractivity (Wildman–Crippen MR) is 92.6 cm³/mol. The first kappa shape index (κ1) is 18.1. The van der Waals surface area contributed by atoms with Crippen LogP contribution in [0.5, 0.6) is 0 Å². The average molecular weight is 334 g/mol. The third-order valence-corrected chi connectivity index (χ3v) is 3.99. The molecule has 1 heterocycles. The number of piperidine rings is 1. The lowest BCUT2D eigenvalue weighted by atomic mass is 10.0. The molecule has 2 N–H and O–H groups in total. The van der Waals surface area contributed by atoms with Gasteiger partial charge in [-0.1, -0.05) is 6.07 Å². The maximum absolute atomic E-state index is 12.1. The van der Waals surface area contributed by atoms with Gasteiger partial charge in [0.2, 0.25) is 0 Å². The van der Waals surface area contributed by atoms with Gasteiger partial charge in [0, 0.05) is 24.8 Å². The van der Waals surface area contributed by atoms with Crippen molar-refractivity contribution in [2.24, 2.45) is 0 Å². The molecule has 1 aliphatic heterocycles. The predicted octanol–water partition coefficient (Wildman–Crippen LogP) is 3.50. The number of aryl methyl sites for hydroxylation is 1. The summed E-state index contributed by atoms with van der Waals surface area (Å²) in [5.74, 6) is -0.920. The van der Waals surface area contributed by atoms with Gasteiger partial charge in [-0.05, 0) is 58.2 Å². The Balaban J connectivity index is 1.90. The van der Waals surface area contributed by atoms with Crippen molar-refractivity contribution in [1.29, 1.82) is 0 Å². The monoisotopic (exact) mass is 334 g/mol. The molecule has 0 saturated carbocycles. The smallest absolute Gasteiger partial charge is 0.410 e. The summed E-state index contributed by atoms with van der Waals surface area (Å²) < 4.78 is 5.39. The van der Waals surface area contributed by atoms with Crippen molar-refractivity contribution in [2.75, 3.05) is 18.4 Å². The Hall–Kier alpha value is -2.24. The van der Waals surface area contributed by atoms with Crippen molar-refractivity contribution in [2.45, 2.75) is 52.2 Å². The third-order valence-electron chi connectivity index (χ3n) is 3.99. The fourth-order valence-electron chi connectivity index (χ4n) is 2.71. The van der Waals surface area contributed by atoms with Crippen molar-refractivity contribution >= 4 is 17.7 Å². The second-order valence-corrected chi connectivity index (χ2v) is 7.22. The highest BCUT2D eigenvalue weighted by Gasteiger charge is 2.26. The summed E-state index contributed by atoms with van der Waals surface area (Å²) in [6.45, 7) is 8.62. The van der Waals surface area contributed by atoms with E-state index in [0.29, 0.717) is 18.7 Å². The van der Waals surface area contributed by atoms with Crippen molar-refractivity contribution in [1.82, 2.24) is 4.90 Å². The number of likely N-dealkylation sites (tertiary alicyclic amines) is 1. The molecule has 1 amide bonds. The minimum absolute atomic E-state index is 0.216. The summed E-state index contributed by atoms with van der Waals surface area (Å²) in [7, 11) is 0. The van der Waals surface area contributed by atoms with Crippen LogP contribution in [0.25, 0.3) is 0 Å². The Morgan fingerprint density at radius 3 is 2.42 bits per heavy atom. The quantitative estimate of drug-likeness (QED) is 0.884. The van der Waals surface area contributed by atoms with E-state index in [1.807, 2.05) is 32.9 Å². The number of nitrogens with zero attached hydrogens (tertiary/aromatic N) is 1. The summed E-state index contributed by atoms with van der Waals surface area (Å²) in [5, 5.41) is 12.6. The van der Waals surface area contributed by atoms with Crippen LogP contribution in [0.4, 0.5) is 10.5 Å². The van der Waals surface area contributed by atoms with Gasteiger partial charge in [-0.2, -0.15) is 0 Å².